The van der Waals surface area contributed by atoms with E-state index in [0.717, 1.165) is 13.1 Å². The summed E-state index contributed by atoms with van der Waals surface area (Å²) in [6.45, 7) is 7.20. The Hall–Kier alpha value is -1.06. The first-order valence-corrected chi connectivity index (χ1v) is 8.50. The second kappa shape index (κ2) is 7.09. The van der Waals surface area contributed by atoms with Gasteiger partial charge in [0.25, 0.3) is 0 Å². The minimum Gasteiger partial charge on any atom is -0.360 e. The van der Waals surface area contributed by atoms with Crippen molar-refractivity contribution in [3.05, 3.63) is 0 Å². The zero-order chi connectivity index (χ0) is 13.6. The van der Waals surface area contributed by atoms with Gasteiger partial charge in [-0.2, -0.15) is 0 Å². The van der Waals surface area contributed by atoms with Gasteiger partial charge in [0, 0.05) is 52.1 Å². The molecule has 0 spiro atoms. The van der Waals surface area contributed by atoms with Crippen LogP contribution in [0.1, 0.15) is 51.4 Å². The smallest absolute Gasteiger partial charge is 0.0989 e. The maximum Gasteiger partial charge on any atom is 0.0989 e. The first-order valence-electron chi connectivity index (χ1n) is 8.50. The summed E-state index contributed by atoms with van der Waals surface area (Å²) in [5, 5.41) is 0. The largest absolute Gasteiger partial charge is 0.360 e. The standard InChI is InChI=1S/C9H16N2.C7H12N2/c1-2-5-9-10-6-4-8-11(9)7-3-1;1-3-7-8-4-2-6-9(7)5-1/h1-8H2;1-6H2. The van der Waals surface area contributed by atoms with E-state index in [1.165, 1.54) is 89.2 Å². The van der Waals surface area contributed by atoms with Crippen LogP contribution in [0.3, 0.4) is 0 Å². The Morgan fingerprint density at radius 1 is 0.550 bits per heavy atom. The highest BCUT2D eigenvalue weighted by Gasteiger charge is 2.19. The lowest BCUT2D eigenvalue weighted by atomic mass is 10.2. The van der Waals surface area contributed by atoms with E-state index in [4.69, 9.17) is 0 Å². The summed E-state index contributed by atoms with van der Waals surface area (Å²) in [7, 11) is 0. The molecule has 4 aliphatic heterocycles. The molecule has 0 aromatic rings. The molecule has 20 heavy (non-hydrogen) atoms. The molecule has 4 rings (SSSR count). The van der Waals surface area contributed by atoms with E-state index in [-0.39, 0.29) is 0 Å². The Bertz CT molecular complexity index is 375. The van der Waals surface area contributed by atoms with E-state index < -0.39 is 0 Å². The van der Waals surface area contributed by atoms with Crippen molar-refractivity contribution >= 4 is 11.7 Å². The lowest BCUT2D eigenvalue weighted by molar-refractivity contribution is 0.391. The third kappa shape index (κ3) is 3.53. The summed E-state index contributed by atoms with van der Waals surface area (Å²) in [4.78, 5) is 13.9. The predicted molar refractivity (Wildman–Crippen MR) is 84.7 cm³/mol. The van der Waals surface area contributed by atoms with Crippen LogP contribution in [0.5, 0.6) is 0 Å². The molecule has 0 unspecified atom stereocenters. The minimum atomic E-state index is 1.08. The van der Waals surface area contributed by atoms with E-state index in [0.29, 0.717) is 0 Å². The Balaban J connectivity index is 0.000000123. The fraction of sp³-hybridized carbons (Fsp3) is 0.875. The number of nitrogens with zero attached hydrogens (tertiary/aromatic N) is 4. The maximum absolute atomic E-state index is 4.55. The monoisotopic (exact) mass is 276 g/mol. The van der Waals surface area contributed by atoms with Crippen molar-refractivity contribution < 1.29 is 0 Å². The molecule has 2 saturated heterocycles. The molecule has 0 aromatic heterocycles. The van der Waals surface area contributed by atoms with E-state index >= 15 is 0 Å². The molecule has 4 heterocycles. The number of amidine groups is 2. The van der Waals surface area contributed by atoms with Crippen LogP contribution in [-0.2, 0) is 0 Å². The molecule has 4 aliphatic rings. The first kappa shape index (κ1) is 13.9. The van der Waals surface area contributed by atoms with Gasteiger partial charge in [0.2, 0.25) is 0 Å². The van der Waals surface area contributed by atoms with Crippen LogP contribution in [-0.4, -0.2) is 60.7 Å². The van der Waals surface area contributed by atoms with E-state index in [1.807, 2.05) is 0 Å². The van der Waals surface area contributed by atoms with Crippen molar-refractivity contribution in [1.29, 1.82) is 0 Å². The molecule has 112 valence electrons. The average molecular weight is 276 g/mol. The van der Waals surface area contributed by atoms with E-state index in [1.54, 1.807) is 0 Å². The molecule has 0 radical (unpaired) electrons. The molecular weight excluding hydrogens is 248 g/mol. The number of rotatable bonds is 0. The number of hydrogen-bond acceptors (Lipinski definition) is 4. The van der Waals surface area contributed by atoms with Crippen molar-refractivity contribution in [3.63, 3.8) is 0 Å². The highest BCUT2D eigenvalue weighted by atomic mass is 15.2. The van der Waals surface area contributed by atoms with Crippen LogP contribution < -0.4 is 0 Å². The molecule has 4 nitrogen and oxygen atoms in total. The molecule has 0 atom stereocenters. The van der Waals surface area contributed by atoms with Crippen molar-refractivity contribution in [2.75, 3.05) is 39.3 Å². The first-order chi connectivity index (χ1) is 9.93. The van der Waals surface area contributed by atoms with E-state index in [2.05, 4.69) is 19.8 Å². The van der Waals surface area contributed by atoms with Crippen LogP contribution in [0.15, 0.2) is 9.98 Å². The summed E-state index contributed by atoms with van der Waals surface area (Å²) in [5.41, 5.74) is 0. The van der Waals surface area contributed by atoms with Gasteiger partial charge in [0.15, 0.2) is 0 Å². The van der Waals surface area contributed by atoms with Crippen LogP contribution in [0.2, 0.25) is 0 Å². The lowest BCUT2D eigenvalue weighted by Crippen LogP contribution is -2.34. The zero-order valence-electron chi connectivity index (χ0n) is 12.7. The lowest BCUT2D eigenvalue weighted by Gasteiger charge is -2.27. The minimum absolute atomic E-state index is 1.08. The zero-order valence-corrected chi connectivity index (χ0v) is 12.7. The van der Waals surface area contributed by atoms with E-state index in [9.17, 15) is 0 Å². The van der Waals surface area contributed by atoms with Gasteiger partial charge in [-0.1, -0.05) is 6.42 Å². The molecule has 0 saturated carbocycles. The Kier molecular flexibility index (Phi) is 4.93. The van der Waals surface area contributed by atoms with Crippen molar-refractivity contribution in [2.24, 2.45) is 9.98 Å². The SMILES string of the molecule is C1CCC2=NCCCN2CC1.C1CN=C2CCCN2C1. The third-order valence-corrected chi connectivity index (χ3v) is 4.65. The number of fused-ring (bicyclic) bond motifs is 2. The second-order valence-corrected chi connectivity index (χ2v) is 6.19. The van der Waals surface area contributed by atoms with Gasteiger partial charge in [-0.25, -0.2) is 0 Å². The van der Waals surface area contributed by atoms with Crippen LogP contribution in [0, 0.1) is 0 Å². The molecular formula is C16H28N4. The van der Waals surface area contributed by atoms with Crippen LogP contribution in [0.4, 0.5) is 0 Å². The molecule has 0 N–H and O–H groups in total. The number of hydrogen-bond donors (Lipinski definition) is 0. The van der Waals surface area contributed by atoms with Crippen LogP contribution in [0.25, 0.3) is 0 Å². The Morgan fingerprint density at radius 2 is 1.10 bits per heavy atom. The molecule has 0 bridgehead atoms. The van der Waals surface area contributed by atoms with Gasteiger partial charge in [0.1, 0.15) is 0 Å². The maximum atomic E-state index is 4.55. The normalized spacial score (nSPS) is 25.6. The summed E-state index contributed by atoms with van der Waals surface area (Å²) in [6, 6.07) is 0. The van der Waals surface area contributed by atoms with Crippen molar-refractivity contribution in [1.82, 2.24) is 9.80 Å². The molecule has 0 aliphatic carbocycles. The second-order valence-electron chi connectivity index (χ2n) is 6.19. The fourth-order valence-electron chi connectivity index (χ4n) is 3.54. The fourth-order valence-corrected chi connectivity index (χ4v) is 3.54. The summed E-state index contributed by atoms with van der Waals surface area (Å²) in [5.74, 6) is 2.77. The molecule has 2 fully saturated rings. The summed E-state index contributed by atoms with van der Waals surface area (Å²) in [6.07, 6.45) is 10.5. The predicted octanol–water partition coefficient (Wildman–Crippen LogP) is 2.55. The quantitative estimate of drug-likeness (QED) is 0.681. The van der Waals surface area contributed by atoms with Gasteiger partial charge < -0.3 is 9.80 Å². The summed E-state index contributed by atoms with van der Waals surface area (Å²) < 4.78 is 0. The topological polar surface area (TPSA) is 31.2 Å². The highest BCUT2D eigenvalue weighted by Crippen LogP contribution is 2.16. The number of aliphatic imine (C=N–C) groups is 2. The van der Waals surface area contributed by atoms with Gasteiger partial charge in [0.05, 0.1) is 11.7 Å². The van der Waals surface area contributed by atoms with Crippen LogP contribution >= 0.6 is 0 Å². The Morgan fingerprint density at radius 3 is 1.80 bits per heavy atom. The van der Waals surface area contributed by atoms with Crippen molar-refractivity contribution in [3.8, 4) is 0 Å². The summed E-state index contributed by atoms with van der Waals surface area (Å²) >= 11 is 0. The molecule has 0 aromatic carbocycles. The third-order valence-electron chi connectivity index (χ3n) is 4.65. The average Bonchev–Trinajstić information content (AvgIpc) is 2.85. The van der Waals surface area contributed by atoms with Gasteiger partial charge >= 0.3 is 0 Å². The Labute approximate surface area is 123 Å². The van der Waals surface area contributed by atoms with Crippen molar-refractivity contribution in [2.45, 2.75) is 51.4 Å². The van der Waals surface area contributed by atoms with Gasteiger partial charge in [-0.05, 0) is 32.1 Å². The molecule has 4 heteroatoms. The van der Waals surface area contributed by atoms with Gasteiger partial charge in [-0.3, -0.25) is 9.98 Å². The highest BCUT2D eigenvalue weighted by molar-refractivity contribution is 5.84. The van der Waals surface area contributed by atoms with Gasteiger partial charge in [-0.15, -0.1) is 0 Å². The molecule has 0 amide bonds.